The van der Waals surface area contributed by atoms with Crippen LogP contribution < -0.4 is 5.84 Å². The van der Waals surface area contributed by atoms with E-state index in [-0.39, 0.29) is 12.6 Å². The third-order valence-corrected chi connectivity index (χ3v) is 3.47. The van der Waals surface area contributed by atoms with Crippen LogP contribution in [0.5, 0.6) is 0 Å². The summed E-state index contributed by atoms with van der Waals surface area (Å²) in [6.45, 7) is 1.63. The number of halogens is 3. The third-order valence-electron chi connectivity index (χ3n) is 3.47. The van der Waals surface area contributed by atoms with E-state index in [4.69, 9.17) is 5.84 Å². The van der Waals surface area contributed by atoms with Gasteiger partial charge < -0.3 is 5.84 Å². The molecule has 0 spiro atoms. The van der Waals surface area contributed by atoms with Crippen LogP contribution >= 0.6 is 0 Å². The number of nitrogens with zero attached hydrogens (tertiary/aromatic N) is 4. The van der Waals surface area contributed by atoms with E-state index in [2.05, 4.69) is 15.3 Å². The average molecular weight is 263 g/mol. The molecule has 5 nitrogen and oxygen atoms in total. The largest absolute Gasteiger partial charge is 0.394 e. The molecule has 18 heavy (non-hydrogen) atoms. The van der Waals surface area contributed by atoms with Gasteiger partial charge in [0.1, 0.15) is 12.2 Å². The minimum absolute atomic E-state index is 0.0658. The summed E-state index contributed by atoms with van der Waals surface area (Å²) in [5.41, 5.74) is 0. The van der Waals surface area contributed by atoms with Crippen LogP contribution in [-0.2, 0) is 0 Å². The Bertz CT molecular complexity index is 335. The molecule has 0 aliphatic carbocycles. The van der Waals surface area contributed by atoms with Crippen LogP contribution in [0.1, 0.15) is 19.3 Å². The van der Waals surface area contributed by atoms with E-state index in [9.17, 15) is 13.2 Å². The molecule has 0 amide bonds. The number of likely N-dealkylation sites (tertiary alicyclic amines) is 1. The summed E-state index contributed by atoms with van der Waals surface area (Å²) >= 11 is 0. The highest BCUT2D eigenvalue weighted by Crippen LogP contribution is 2.37. The SMILES string of the molecule is NN=NC1C=NC(N2CCCC2)CC1C(F)(F)F. The van der Waals surface area contributed by atoms with E-state index in [0.29, 0.717) is 0 Å². The van der Waals surface area contributed by atoms with E-state index < -0.39 is 18.1 Å². The monoisotopic (exact) mass is 263 g/mol. The zero-order valence-corrected chi connectivity index (χ0v) is 9.85. The molecular formula is C10H16F3N5. The first-order valence-electron chi connectivity index (χ1n) is 5.96. The Hall–Kier alpha value is -1.18. The van der Waals surface area contributed by atoms with Crippen molar-refractivity contribution in [3.63, 3.8) is 0 Å². The van der Waals surface area contributed by atoms with Gasteiger partial charge in [-0.3, -0.25) is 9.89 Å². The van der Waals surface area contributed by atoms with Crippen molar-refractivity contribution in [3.8, 4) is 0 Å². The summed E-state index contributed by atoms with van der Waals surface area (Å²) in [6.07, 6.45) is -1.47. The number of rotatable bonds is 2. The molecule has 2 aliphatic rings. The Labute approximate surface area is 103 Å². The van der Waals surface area contributed by atoms with Gasteiger partial charge in [-0.25, -0.2) is 0 Å². The predicted molar refractivity (Wildman–Crippen MR) is 60.1 cm³/mol. The highest BCUT2D eigenvalue weighted by Gasteiger charge is 2.48. The average Bonchev–Trinajstić information content (AvgIpc) is 2.82. The zero-order valence-electron chi connectivity index (χ0n) is 9.85. The minimum atomic E-state index is -4.30. The van der Waals surface area contributed by atoms with Crippen LogP contribution in [0.25, 0.3) is 0 Å². The smallest absolute Gasteiger partial charge is 0.305 e. The van der Waals surface area contributed by atoms with Gasteiger partial charge in [0, 0.05) is 19.3 Å². The zero-order chi connectivity index (χ0) is 13.2. The fourth-order valence-corrected chi connectivity index (χ4v) is 2.52. The van der Waals surface area contributed by atoms with Crippen molar-refractivity contribution >= 4 is 6.21 Å². The number of aliphatic imine (C=N–C) groups is 1. The molecule has 8 heteroatoms. The Balaban J connectivity index is 2.13. The van der Waals surface area contributed by atoms with Crippen molar-refractivity contribution < 1.29 is 13.2 Å². The lowest BCUT2D eigenvalue weighted by atomic mass is 9.92. The number of nitrogens with two attached hydrogens (primary N) is 1. The second kappa shape index (κ2) is 5.21. The second-order valence-electron chi connectivity index (χ2n) is 4.63. The standard InChI is InChI=1S/C10H16F3N5/c11-10(12,13)7-5-9(18-3-1-2-4-18)15-6-8(7)16-17-14/h6-9H,1-5H2,(H2,14,16). The number of hydrogen-bond acceptors (Lipinski definition) is 4. The van der Waals surface area contributed by atoms with Gasteiger partial charge in [-0.05, 0) is 19.3 Å². The van der Waals surface area contributed by atoms with Crippen LogP contribution in [-0.4, -0.2) is 42.6 Å². The molecule has 3 atom stereocenters. The Kier molecular flexibility index (Phi) is 3.84. The van der Waals surface area contributed by atoms with E-state index >= 15 is 0 Å². The van der Waals surface area contributed by atoms with Crippen molar-refractivity contribution in [2.45, 2.75) is 37.6 Å². The van der Waals surface area contributed by atoms with E-state index in [1.54, 1.807) is 0 Å². The van der Waals surface area contributed by atoms with Crippen molar-refractivity contribution in [3.05, 3.63) is 0 Å². The van der Waals surface area contributed by atoms with Gasteiger partial charge in [0.25, 0.3) is 0 Å². The molecule has 0 aromatic heterocycles. The first-order valence-corrected chi connectivity index (χ1v) is 5.96. The van der Waals surface area contributed by atoms with Crippen LogP contribution in [0.4, 0.5) is 13.2 Å². The molecule has 2 rings (SSSR count). The normalized spacial score (nSPS) is 34.5. The number of alkyl halides is 3. The highest BCUT2D eigenvalue weighted by molar-refractivity contribution is 5.66. The summed E-state index contributed by atoms with van der Waals surface area (Å²) in [6, 6.07) is -1.09. The summed E-state index contributed by atoms with van der Waals surface area (Å²) in [4.78, 5) is 6.16. The van der Waals surface area contributed by atoms with Crippen molar-refractivity contribution in [1.82, 2.24) is 4.90 Å². The Morgan fingerprint density at radius 2 is 1.94 bits per heavy atom. The van der Waals surface area contributed by atoms with E-state index in [1.165, 1.54) is 6.21 Å². The van der Waals surface area contributed by atoms with Gasteiger partial charge >= 0.3 is 6.18 Å². The maximum atomic E-state index is 13.0. The molecule has 0 saturated carbocycles. The predicted octanol–water partition coefficient (Wildman–Crippen LogP) is 1.76. The molecule has 0 radical (unpaired) electrons. The van der Waals surface area contributed by atoms with Crippen molar-refractivity contribution in [2.75, 3.05) is 13.1 Å². The van der Waals surface area contributed by atoms with Crippen LogP contribution in [0.3, 0.4) is 0 Å². The molecule has 1 saturated heterocycles. The molecule has 0 bridgehead atoms. The van der Waals surface area contributed by atoms with Gasteiger partial charge in [0.2, 0.25) is 0 Å². The molecule has 0 aromatic rings. The summed E-state index contributed by atoms with van der Waals surface area (Å²) in [5.74, 6) is 3.29. The van der Waals surface area contributed by atoms with Gasteiger partial charge in [0.15, 0.2) is 0 Å². The molecule has 2 N–H and O–H groups in total. The van der Waals surface area contributed by atoms with Crippen molar-refractivity contribution in [1.29, 1.82) is 0 Å². The fraction of sp³-hybridized carbons (Fsp3) is 0.900. The maximum Gasteiger partial charge on any atom is 0.394 e. The Morgan fingerprint density at radius 3 is 2.50 bits per heavy atom. The summed E-state index contributed by atoms with van der Waals surface area (Å²) in [7, 11) is 0. The maximum absolute atomic E-state index is 13.0. The topological polar surface area (TPSA) is 66.3 Å². The van der Waals surface area contributed by atoms with Crippen LogP contribution in [0, 0.1) is 5.92 Å². The molecule has 3 unspecified atom stereocenters. The Morgan fingerprint density at radius 1 is 1.28 bits per heavy atom. The molecule has 102 valence electrons. The van der Waals surface area contributed by atoms with Gasteiger partial charge in [-0.1, -0.05) is 5.22 Å². The van der Waals surface area contributed by atoms with Crippen molar-refractivity contribution in [2.24, 2.45) is 27.1 Å². The fourth-order valence-electron chi connectivity index (χ4n) is 2.52. The molecule has 2 heterocycles. The molecule has 2 aliphatic heterocycles. The van der Waals surface area contributed by atoms with E-state index in [1.807, 2.05) is 4.90 Å². The third kappa shape index (κ3) is 2.80. The van der Waals surface area contributed by atoms with Gasteiger partial charge in [0.05, 0.1) is 5.92 Å². The van der Waals surface area contributed by atoms with E-state index in [0.717, 1.165) is 25.9 Å². The molecule has 0 aromatic carbocycles. The lowest BCUT2D eigenvalue weighted by Crippen LogP contribution is -2.44. The highest BCUT2D eigenvalue weighted by atomic mass is 19.4. The van der Waals surface area contributed by atoms with Gasteiger partial charge in [-0.15, -0.1) is 0 Å². The van der Waals surface area contributed by atoms with Crippen LogP contribution in [0.2, 0.25) is 0 Å². The minimum Gasteiger partial charge on any atom is -0.305 e. The van der Waals surface area contributed by atoms with Gasteiger partial charge in [-0.2, -0.15) is 18.3 Å². The molecule has 1 fully saturated rings. The van der Waals surface area contributed by atoms with Crippen LogP contribution in [0.15, 0.2) is 15.3 Å². The number of hydrogen-bond donors (Lipinski definition) is 1. The quantitative estimate of drug-likeness (QED) is 0.468. The molecular weight excluding hydrogens is 247 g/mol. The lowest BCUT2D eigenvalue weighted by Gasteiger charge is -2.33. The second-order valence-corrected chi connectivity index (χ2v) is 4.63. The first kappa shape index (κ1) is 13.3. The summed E-state index contributed by atoms with van der Waals surface area (Å²) in [5, 5.41) is 6.37. The first-order chi connectivity index (χ1) is 8.52. The summed E-state index contributed by atoms with van der Waals surface area (Å²) < 4.78 is 38.9. The lowest BCUT2D eigenvalue weighted by molar-refractivity contribution is -0.181.